The smallest absolute Gasteiger partial charge is 0.325 e. The van der Waals surface area contributed by atoms with Crippen LogP contribution in [0.3, 0.4) is 0 Å². The highest BCUT2D eigenvalue weighted by atomic mass is 35.5. The van der Waals surface area contributed by atoms with E-state index < -0.39 is 23.4 Å². The van der Waals surface area contributed by atoms with E-state index in [9.17, 15) is 14.4 Å². The van der Waals surface area contributed by atoms with Crippen molar-refractivity contribution in [2.75, 3.05) is 19.6 Å². The van der Waals surface area contributed by atoms with Crippen molar-refractivity contribution in [2.24, 2.45) is 5.73 Å². The van der Waals surface area contributed by atoms with Crippen LogP contribution in [0.15, 0.2) is 6.33 Å². The Labute approximate surface area is 159 Å². The molecule has 0 unspecified atom stereocenters. The highest BCUT2D eigenvalue weighted by Gasteiger charge is 2.22. The first kappa shape index (κ1) is 23.9. The van der Waals surface area contributed by atoms with Gasteiger partial charge < -0.3 is 26.1 Å². The van der Waals surface area contributed by atoms with Gasteiger partial charge in [-0.3, -0.25) is 14.4 Å². The molecule has 5 N–H and O–H groups in total. The Kier molecular flexibility index (Phi) is 10.5. The first-order valence-corrected chi connectivity index (χ1v) is 8.26. The lowest BCUT2D eigenvalue weighted by Crippen LogP contribution is -2.36. The summed E-state index contributed by atoms with van der Waals surface area (Å²) in [6, 6.07) is 0. The Morgan fingerprint density at radius 2 is 1.85 bits per heavy atom. The predicted molar refractivity (Wildman–Crippen MR) is 99.3 cm³/mol. The predicted octanol–water partition coefficient (Wildman–Crippen LogP) is 0.762. The van der Waals surface area contributed by atoms with Gasteiger partial charge in [0.15, 0.2) is 5.69 Å². The Morgan fingerprint density at radius 3 is 2.46 bits per heavy atom. The molecule has 0 bridgehead atoms. The SMILES string of the molecule is CC(C)(C)OC(=O)CNC(=O)c1[nH]cnc1C(=O)NCCCCCN.Cl. The van der Waals surface area contributed by atoms with Crippen LogP contribution < -0.4 is 16.4 Å². The monoisotopic (exact) mass is 389 g/mol. The van der Waals surface area contributed by atoms with Crippen molar-refractivity contribution in [1.29, 1.82) is 0 Å². The Balaban J connectivity index is 0.00000625. The second-order valence-electron chi connectivity index (χ2n) is 6.50. The molecule has 0 radical (unpaired) electrons. The lowest BCUT2D eigenvalue weighted by Gasteiger charge is -2.19. The summed E-state index contributed by atoms with van der Waals surface area (Å²) in [5, 5.41) is 5.11. The van der Waals surface area contributed by atoms with Gasteiger partial charge in [-0.2, -0.15) is 0 Å². The lowest BCUT2D eigenvalue weighted by molar-refractivity contribution is -0.153. The quantitative estimate of drug-likeness (QED) is 0.363. The van der Waals surface area contributed by atoms with Gasteiger partial charge in [-0.1, -0.05) is 6.42 Å². The average molecular weight is 390 g/mol. The number of hydrogen-bond acceptors (Lipinski definition) is 6. The maximum absolute atomic E-state index is 12.1. The maximum atomic E-state index is 12.1. The second-order valence-corrected chi connectivity index (χ2v) is 6.50. The van der Waals surface area contributed by atoms with E-state index in [4.69, 9.17) is 10.5 Å². The van der Waals surface area contributed by atoms with E-state index in [1.807, 2.05) is 0 Å². The number of rotatable bonds is 9. The van der Waals surface area contributed by atoms with Crippen LogP contribution in [0.2, 0.25) is 0 Å². The van der Waals surface area contributed by atoms with Crippen LogP contribution in [0.5, 0.6) is 0 Å². The van der Waals surface area contributed by atoms with Crippen molar-refractivity contribution in [1.82, 2.24) is 20.6 Å². The number of unbranched alkanes of at least 4 members (excludes halogenated alkanes) is 2. The van der Waals surface area contributed by atoms with Crippen molar-refractivity contribution in [3.63, 3.8) is 0 Å². The van der Waals surface area contributed by atoms with Gasteiger partial charge in [-0.15, -0.1) is 12.4 Å². The zero-order chi connectivity index (χ0) is 18.9. The number of imidazole rings is 1. The summed E-state index contributed by atoms with van der Waals surface area (Å²) in [6.07, 6.45) is 3.87. The number of hydrogen-bond donors (Lipinski definition) is 4. The van der Waals surface area contributed by atoms with Crippen LogP contribution >= 0.6 is 12.4 Å². The summed E-state index contributed by atoms with van der Waals surface area (Å²) >= 11 is 0. The third-order valence-corrected chi connectivity index (χ3v) is 3.06. The molecule has 1 heterocycles. The lowest BCUT2D eigenvalue weighted by atomic mass is 10.2. The number of aromatic amines is 1. The van der Waals surface area contributed by atoms with E-state index in [-0.39, 0.29) is 30.3 Å². The van der Waals surface area contributed by atoms with Crippen molar-refractivity contribution in [3.05, 3.63) is 17.7 Å². The molecule has 0 aliphatic heterocycles. The summed E-state index contributed by atoms with van der Waals surface area (Å²) in [5.74, 6) is -1.61. The first-order chi connectivity index (χ1) is 11.7. The number of amides is 2. The number of aromatic nitrogens is 2. The molecule has 1 aromatic heterocycles. The molecule has 0 aliphatic rings. The molecule has 0 aromatic carbocycles. The molecule has 2 amide bonds. The number of carbonyl (C=O) groups is 3. The molecule has 26 heavy (non-hydrogen) atoms. The van der Waals surface area contributed by atoms with Crippen LogP contribution in [0.25, 0.3) is 0 Å². The number of nitrogens with zero attached hydrogens (tertiary/aromatic N) is 1. The fourth-order valence-corrected chi connectivity index (χ4v) is 1.99. The van der Waals surface area contributed by atoms with E-state index in [0.29, 0.717) is 13.1 Å². The van der Waals surface area contributed by atoms with E-state index in [1.54, 1.807) is 20.8 Å². The first-order valence-electron chi connectivity index (χ1n) is 8.26. The number of nitrogens with one attached hydrogen (secondary N) is 3. The molecule has 0 saturated heterocycles. The fourth-order valence-electron chi connectivity index (χ4n) is 1.99. The second kappa shape index (κ2) is 11.5. The average Bonchev–Trinajstić information content (AvgIpc) is 3.00. The van der Waals surface area contributed by atoms with Gasteiger partial charge in [0.1, 0.15) is 17.8 Å². The Hall–Kier alpha value is -2.13. The van der Waals surface area contributed by atoms with Crippen molar-refractivity contribution in [3.8, 4) is 0 Å². The molecule has 0 fully saturated rings. The molecule has 10 heteroatoms. The maximum Gasteiger partial charge on any atom is 0.325 e. The summed E-state index contributed by atoms with van der Waals surface area (Å²) in [6.45, 7) is 6.00. The molecule has 148 valence electrons. The summed E-state index contributed by atoms with van der Waals surface area (Å²) in [4.78, 5) is 42.4. The van der Waals surface area contributed by atoms with Gasteiger partial charge in [0, 0.05) is 6.54 Å². The van der Waals surface area contributed by atoms with Gasteiger partial charge in [0.25, 0.3) is 11.8 Å². The Bertz CT molecular complexity index is 598. The van der Waals surface area contributed by atoms with Crippen LogP contribution in [-0.2, 0) is 9.53 Å². The molecule has 0 atom stereocenters. The van der Waals surface area contributed by atoms with Crippen LogP contribution in [-0.4, -0.2) is 53.0 Å². The number of esters is 1. The van der Waals surface area contributed by atoms with Crippen LogP contribution in [0.1, 0.15) is 61.0 Å². The van der Waals surface area contributed by atoms with E-state index in [1.165, 1.54) is 6.33 Å². The largest absolute Gasteiger partial charge is 0.459 e. The highest BCUT2D eigenvalue weighted by Crippen LogP contribution is 2.07. The molecule has 0 aliphatic carbocycles. The van der Waals surface area contributed by atoms with Crippen molar-refractivity contribution >= 4 is 30.2 Å². The molecule has 9 nitrogen and oxygen atoms in total. The van der Waals surface area contributed by atoms with Crippen molar-refractivity contribution < 1.29 is 19.1 Å². The van der Waals surface area contributed by atoms with Gasteiger partial charge in [0.05, 0.1) is 6.33 Å². The minimum absolute atomic E-state index is 0. The highest BCUT2D eigenvalue weighted by molar-refractivity contribution is 6.05. The molecule has 1 aromatic rings. The molecular formula is C16H28ClN5O4. The Morgan fingerprint density at radius 1 is 1.15 bits per heavy atom. The molecular weight excluding hydrogens is 362 g/mol. The van der Waals surface area contributed by atoms with Crippen LogP contribution in [0, 0.1) is 0 Å². The minimum Gasteiger partial charge on any atom is -0.459 e. The fraction of sp³-hybridized carbons (Fsp3) is 0.625. The van der Waals surface area contributed by atoms with Gasteiger partial charge in [-0.25, -0.2) is 4.98 Å². The third kappa shape index (κ3) is 8.82. The van der Waals surface area contributed by atoms with E-state index in [0.717, 1.165) is 19.3 Å². The zero-order valence-electron chi connectivity index (χ0n) is 15.4. The van der Waals surface area contributed by atoms with E-state index >= 15 is 0 Å². The number of H-pyrrole nitrogens is 1. The number of halogens is 1. The standard InChI is InChI=1S/C16H27N5O4.ClH/c1-16(2,3)25-11(22)9-19-15(24)13-12(20-10-21-13)14(23)18-8-6-4-5-7-17;/h10H,4-9,17H2,1-3H3,(H,18,23)(H,19,24)(H,20,21);1H. The number of nitrogens with two attached hydrogens (primary N) is 1. The van der Waals surface area contributed by atoms with E-state index in [2.05, 4.69) is 20.6 Å². The number of ether oxygens (including phenoxy) is 1. The topological polar surface area (TPSA) is 139 Å². The van der Waals surface area contributed by atoms with Crippen LogP contribution in [0.4, 0.5) is 0 Å². The van der Waals surface area contributed by atoms with Crippen molar-refractivity contribution in [2.45, 2.75) is 45.6 Å². The zero-order valence-corrected chi connectivity index (χ0v) is 16.2. The summed E-state index contributed by atoms with van der Waals surface area (Å²) in [5.41, 5.74) is 4.76. The summed E-state index contributed by atoms with van der Waals surface area (Å²) in [7, 11) is 0. The van der Waals surface area contributed by atoms with Gasteiger partial charge >= 0.3 is 5.97 Å². The molecule has 1 rings (SSSR count). The minimum atomic E-state index is -0.634. The molecule has 0 spiro atoms. The van der Waals surface area contributed by atoms with Gasteiger partial charge in [-0.05, 0) is 40.2 Å². The van der Waals surface area contributed by atoms with Gasteiger partial charge in [0.2, 0.25) is 0 Å². The number of carbonyl (C=O) groups excluding carboxylic acids is 3. The third-order valence-electron chi connectivity index (χ3n) is 3.06. The normalized spacial score (nSPS) is 10.6. The molecule has 0 saturated carbocycles. The summed E-state index contributed by atoms with van der Waals surface area (Å²) < 4.78 is 5.10.